The van der Waals surface area contributed by atoms with Crippen LogP contribution in [0, 0.1) is 24.6 Å². The first kappa shape index (κ1) is 25.1. The second kappa shape index (κ2) is 11.2. The first-order valence-corrected chi connectivity index (χ1v) is 12.5. The zero-order valence-electron chi connectivity index (χ0n) is 20.5. The Hall–Kier alpha value is -2.96. The normalized spacial score (nSPS) is 20.9. The molecule has 0 saturated carbocycles. The van der Waals surface area contributed by atoms with Gasteiger partial charge >= 0.3 is 0 Å². The molecule has 1 saturated heterocycles. The molecule has 0 radical (unpaired) electrons. The maximum absolute atomic E-state index is 14.6. The smallest absolute Gasteiger partial charge is 0.189 e. The number of rotatable bonds is 8. The summed E-state index contributed by atoms with van der Waals surface area (Å²) < 4.78 is 14.6. The van der Waals surface area contributed by atoms with Crippen LogP contribution in [0.4, 0.5) is 4.39 Å². The lowest BCUT2D eigenvalue weighted by Gasteiger charge is -2.36. The number of aliphatic hydroxyl groups is 1. The molecular formula is C29H35FN2O3. The molecule has 5 nitrogen and oxygen atoms in total. The number of carbonyl (C=O) groups excluding carboxylic acids is 1. The van der Waals surface area contributed by atoms with Crippen molar-refractivity contribution in [1.29, 1.82) is 0 Å². The minimum Gasteiger partial charge on any atom is -0.508 e. The fourth-order valence-electron chi connectivity index (χ4n) is 5.56. The van der Waals surface area contributed by atoms with Gasteiger partial charge in [0.2, 0.25) is 0 Å². The number of hydrogen-bond donors (Lipinski definition) is 4. The summed E-state index contributed by atoms with van der Waals surface area (Å²) >= 11 is 0. The van der Waals surface area contributed by atoms with Gasteiger partial charge in [0.15, 0.2) is 5.78 Å². The van der Waals surface area contributed by atoms with Crippen molar-refractivity contribution in [3.05, 3.63) is 81.9 Å². The number of aromatic hydroxyl groups is 1. The van der Waals surface area contributed by atoms with Crippen LogP contribution in [0.25, 0.3) is 5.57 Å². The molecule has 0 spiro atoms. The summed E-state index contributed by atoms with van der Waals surface area (Å²) in [6.45, 7) is 4.28. The first-order valence-electron chi connectivity index (χ1n) is 12.5. The van der Waals surface area contributed by atoms with Gasteiger partial charge < -0.3 is 20.8 Å². The molecule has 4 N–H and O–H groups in total. The summed E-state index contributed by atoms with van der Waals surface area (Å²) in [5.74, 6) is -0.298. The fraction of sp³-hybridized carbons (Fsp3) is 0.414. The molecule has 2 atom stereocenters. The number of phenolic OH excluding ortho intramolecular Hbond substituents is 1. The van der Waals surface area contributed by atoms with Crippen molar-refractivity contribution in [3.8, 4) is 5.75 Å². The molecule has 1 aliphatic heterocycles. The van der Waals surface area contributed by atoms with Crippen LogP contribution < -0.4 is 10.6 Å². The highest BCUT2D eigenvalue weighted by molar-refractivity contribution is 6.15. The quantitative estimate of drug-likeness (QED) is 0.306. The number of halogens is 1. The molecule has 2 aliphatic rings. The Morgan fingerprint density at radius 1 is 1.20 bits per heavy atom. The van der Waals surface area contributed by atoms with Crippen LogP contribution >= 0.6 is 0 Å². The standard InChI is InChI=1S/C29H35FN2O3/c1-18-23(11-4-12-25(18)30)27-24(28(34)20-7-3-10-22(33)15-20)16-19(8-5-13-31-2)26(29(27)35)21-9-6-14-32-17-21/h3-4,7,10-12,15,19,21,31-33,35H,5-6,8-9,13-14,16-17H2,1-2H3. The summed E-state index contributed by atoms with van der Waals surface area (Å²) in [7, 11) is 1.92. The number of piperidine rings is 1. The second-order valence-electron chi connectivity index (χ2n) is 9.64. The largest absolute Gasteiger partial charge is 0.508 e. The summed E-state index contributed by atoms with van der Waals surface area (Å²) in [6, 6.07) is 11.1. The topological polar surface area (TPSA) is 81.6 Å². The molecule has 2 aromatic rings. The van der Waals surface area contributed by atoms with Gasteiger partial charge in [-0.15, -0.1) is 0 Å². The maximum atomic E-state index is 14.6. The van der Waals surface area contributed by atoms with Crippen molar-refractivity contribution in [2.45, 2.75) is 39.0 Å². The van der Waals surface area contributed by atoms with Crippen molar-refractivity contribution in [1.82, 2.24) is 10.6 Å². The highest BCUT2D eigenvalue weighted by Crippen LogP contribution is 2.46. The Morgan fingerprint density at radius 2 is 2.00 bits per heavy atom. The van der Waals surface area contributed by atoms with Gasteiger partial charge in [-0.3, -0.25) is 4.79 Å². The number of allylic oxidation sites excluding steroid dienone is 2. The highest BCUT2D eigenvalue weighted by Gasteiger charge is 2.37. The van der Waals surface area contributed by atoms with Crippen LogP contribution in [0.15, 0.2) is 59.4 Å². The Balaban J connectivity index is 1.91. The maximum Gasteiger partial charge on any atom is 0.189 e. The number of hydrogen-bond acceptors (Lipinski definition) is 5. The first-order chi connectivity index (χ1) is 16.9. The molecule has 0 bridgehead atoms. The average molecular weight is 479 g/mol. The molecule has 2 unspecified atom stereocenters. The van der Waals surface area contributed by atoms with Gasteiger partial charge in [0.1, 0.15) is 17.3 Å². The van der Waals surface area contributed by atoms with Gasteiger partial charge in [-0.1, -0.05) is 24.3 Å². The molecule has 0 amide bonds. The number of phenols is 1. The third-order valence-electron chi connectivity index (χ3n) is 7.34. The van der Waals surface area contributed by atoms with E-state index in [1.165, 1.54) is 18.2 Å². The van der Waals surface area contributed by atoms with E-state index in [9.17, 15) is 19.4 Å². The Labute approximate surface area is 206 Å². The molecule has 4 rings (SSSR count). The number of aliphatic hydroxyl groups excluding tert-OH is 1. The predicted octanol–water partition coefficient (Wildman–Crippen LogP) is 5.31. The monoisotopic (exact) mass is 478 g/mol. The lowest BCUT2D eigenvalue weighted by molar-refractivity contribution is 0.102. The van der Waals surface area contributed by atoms with Gasteiger partial charge in [-0.25, -0.2) is 4.39 Å². The third-order valence-corrected chi connectivity index (χ3v) is 7.34. The van der Waals surface area contributed by atoms with Gasteiger partial charge in [0.25, 0.3) is 0 Å². The van der Waals surface area contributed by atoms with E-state index < -0.39 is 0 Å². The van der Waals surface area contributed by atoms with Gasteiger partial charge in [-0.05, 0) is 106 Å². The van der Waals surface area contributed by atoms with E-state index in [1.54, 1.807) is 31.2 Å². The summed E-state index contributed by atoms with van der Waals surface area (Å²) in [5.41, 5.74) is 3.20. The van der Waals surface area contributed by atoms with E-state index in [1.807, 2.05) is 7.05 Å². The zero-order valence-corrected chi connectivity index (χ0v) is 20.5. The minimum absolute atomic E-state index is 0.00930. The van der Waals surface area contributed by atoms with Crippen molar-refractivity contribution >= 4 is 11.4 Å². The molecule has 35 heavy (non-hydrogen) atoms. The van der Waals surface area contributed by atoms with E-state index in [2.05, 4.69) is 10.6 Å². The average Bonchev–Trinajstić information content (AvgIpc) is 2.86. The van der Waals surface area contributed by atoms with Crippen molar-refractivity contribution in [3.63, 3.8) is 0 Å². The Kier molecular flexibility index (Phi) is 8.04. The van der Waals surface area contributed by atoms with Crippen LogP contribution in [0.1, 0.15) is 53.6 Å². The summed E-state index contributed by atoms with van der Waals surface area (Å²) in [5, 5.41) is 28.5. The van der Waals surface area contributed by atoms with Crippen molar-refractivity contribution in [2.75, 3.05) is 26.7 Å². The number of benzene rings is 2. The van der Waals surface area contributed by atoms with Crippen LogP contribution in [-0.2, 0) is 0 Å². The summed E-state index contributed by atoms with van der Waals surface area (Å²) in [4.78, 5) is 13.8. The van der Waals surface area contributed by atoms with E-state index in [4.69, 9.17) is 0 Å². The third kappa shape index (κ3) is 5.34. The van der Waals surface area contributed by atoms with Crippen LogP contribution in [-0.4, -0.2) is 42.7 Å². The molecule has 1 heterocycles. The van der Waals surface area contributed by atoms with Crippen LogP contribution in [0.2, 0.25) is 0 Å². The molecular weight excluding hydrogens is 443 g/mol. The van der Waals surface area contributed by atoms with E-state index in [0.29, 0.717) is 34.3 Å². The van der Waals surface area contributed by atoms with Crippen molar-refractivity contribution in [2.24, 2.45) is 11.8 Å². The van der Waals surface area contributed by atoms with Crippen molar-refractivity contribution < 1.29 is 19.4 Å². The van der Waals surface area contributed by atoms with Gasteiger partial charge in [0, 0.05) is 23.3 Å². The van der Waals surface area contributed by atoms with Gasteiger partial charge in [0.05, 0.1) is 0 Å². The second-order valence-corrected chi connectivity index (χ2v) is 9.64. The Bertz CT molecular complexity index is 1150. The van der Waals surface area contributed by atoms with E-state index in [0.717, 1.165) is 50.9 Å². The SMILES string of the molecule is CNCCCC1CC(C(=O)c2cccc(O)c2)=C(c2cccc(F)c2C)C(O)=C1C1CCCNC1. The molecule has 0 aromatic heterocycles. The summed E-state index contributed by atoms with van der Waals surface area (Å²) in [6.07, 6.45) is 4.22. The van der Waals surface area contributed by atoms with E-state index in [-0.39, 0.29) is 34.9 Å². The van der Waals surface area contributed by atoms with Crippen LogP contribution in [0.5, 0.6) is 5.75 Å². The van der Waals surface area contributed by atoms with Gasteiger partial charge in [-0.2, -0.15) is 0 Å². The number of ketones is 1. The van der Waals surface area contributed by atoms with E-state index >= 15 is 0 Å². The number of nitrogens with one attached hydrogen (secondary N) is 2. The number of carbonyl (C=O) groups is 1. The number of Topliss-reactive ketones (excluding diaryl/α,β-unsaturated/α-hetero) is 1. The lowest BCUT2D eigenvalue weighted by Crippen LogP contribution is -2.35. The molecule has 6 heteroatoms. The highest BCUT2D eigenvalue weighted by atomic mass is 19.1. The van der Waals surface area contributed by atoms with Crippen LogP contribution in [0.3, 0.4) is 0 Å². The Morgan fingerprint density at radius 3 is 2.71 bits per heavy atom. The predicted molar refractivity (Wildman–Crippen MR) is 137 cm³/mol. The fourth-order valence-corrected chi connectivity index (χ4v) is 5.56. The molecule has 1 aliphatic carbocycles. The molecule has 186 valence electrons. The molecule has 1 fully saturated rings. The molecule has 2 aromatic carbocycles. The zero-order chi connectivity index (χ0) is 24.9. The minimum atomic E-state index is -0.371. The lowest BCUT2D eigenvalue weighted by atomic mass is 9.70.